The van der Waals surface area contributed by atoms with E-state index in [1.807, 2.05) is 0 Å². The number of carbonyl (C=O) groups excluding carboxylic acids is 1. The second-order valence-electron chi connectivity index (χ2n) is 5.92. The number of rotatable bonds is 9. The summed E-state index contributed by atoms with van der Waals surface area (Å²) in [6, 6.07) is 12.2. The second-order valence-corrected chi connectivity index (χ2v) is 8.28. The fraction of sp³-hybridized carbons (Fsp3) is 0.350. The molecule has 0 aliphatic rings. The lowest BCUT2D eigenvalue weighted by molar-refractivity contribution is 0.0314. The van der Waals surface area contributed by atoms with Crippen LogP contribution in [-0.2, 0) is 11.2 Å². The van der Waals surface area contributed by atoms with Crippen LogP contribution in [0.15, 0.2) is 42.5 Å². The van der Waals surface area contributed by atoms with Gasteiger partial charge in [0.1, 0.15) is 0 Å². The third-order valence-electron chi connectivity index (χ3n) is 4.00. The van der Waals surface area contributed by atoms with Crippen LogP contribution in [0.1, 0.15) is 15.9 Å². The van der Waals surface area contributed by atoms with Crippen LogP contribution in [0.4, 0.5) is 0 Å². The summed E-state index contributed by atoms with van der Waals surface area (Å²) in [4.78, 5) is 12.4. The molecule has 0 bridgehead atoms. The Hall–Kier alpha value is -1.86. The standard InChI is InChI=1S/C20H22Cl3NO5/c1-26-15-11-13(12-16(27-2)17(15)28-3)9-10-29-19(20(21,22)23)24-18(25)14-7-5-4-6-8-14/h4-8,11-12,19H,9-10H2,1-3H3,(H,24,25). The first-order valence-electron chi connectivity index (χ1n) is 8.63. The Morgan fingerprint density at radius 3 is 2.07 bits per heavy atom. The van der Waals surface area contributed by atoms with Crippen molar-refractivity contribution in [3.05, 3.63) is 53.6 Å². The summed E-state index contributed by atoms with van der Waals surface area (Å²) in [5.74, 6) is 1.14. The lowest BCUT2D eigenvalue weighted by Gasteiger charge is -2.25. The van der Waals surface area contributed by atoms with E-state index >= 15 is 0 Å². The summed E-state index contributed by atoms with van der Waals surface area (Å²) in [7, 11) is 4.61. The maximum atomic E-state index is 12.4. The molecule has 29 heavy (non-hydrogen) atoms. The second kappa shape index (κ2) is 10.8. The van der Waals surface area contributed by atoms with E-state index in [2.05, 4.69) is 5.32 Å². The van der Waals surface area contributed by atoms with E-state index in [0.717, 1.165) is 5.56 Å². The summed E-state index contributed by atoms with van der Waals surface area (Å²) in [5.41, 5.74) is 1.29. The van der Waals surface area contributed by atoms with Gasteiger partial charge in [0.2, 0.25) is 9.54 Å². The van der Waals surface area contributed by atoms with Gasteiger partial charge >= 0.3 is 0 Å². The Labute approximate surface area is 184 Å². The van der Waals surface area contributed by atoms with Gasteiger partial charge in [-0.2, -0.15) is 0 Å². The predicted molar refractivity (Wildman–Crippen MR) is 114 cm³/mol. The molecule has 2 aromatic carbocycles. The topological polar surface area (TPSA) is 66.0 Å². The van der Waals surface area contributed by atoms with Crippen molar-refractivity contribution in [3.8, 4) is 17.2 Å². The molecular formula is C20H22Cl3NO5. The third-order valence-corrected chi connectivity index (χ3v) is 4.59. The Morgan fingerprint density at radius 2 is 1.59 bits per heavy atom. The highest BCUT2D eigenvalue weighted by atomic mass is 35.6. The highest BCUT2D eigenvalue weighted by molar-refractivity contribution is 6.68. The molecule has 2 aromatic rings. The Kier molecular flexibility index (Phi) is 8.71. The molecule has 0 spiro atoms. The number of alkyl halides is 3. The fourth-order valence-electron chi connectivity index (χ4n) is 2.58. The smallest absolute Gasteiger partial charge is 0.253 e. The molecule has 0 saturated heterocycles. The normalized spacial score (nSPS) is 12.2. The maximum Gasteiger partial charge on any atom is 0.253 e. The van der Waals surface area contributed by atoms with Crippen molar-refractivity contribution in [1.29, 1.82) is 0 Å². The zero-order chi connectivity index (χ0) is 21.4. The molecule has 0 aliphatic heterocycles. The number of benzene rings is 2. The minimum absolute atomic E-state index is 0.173. The van der Waals surface area contributed by atoms with E-state index in [4.69, 9.17) is 53.8 Å². The molecule has 0 heterocycles. The van der Waals surface area contributed by atoms with Crippen molar-refractivity contribution in [3.63, 3.8) is 0 Å². The van der Waals surface area contributed by atoms with Crippen molar-refractivity contribution >= 4 is 40.7 Å². The number of methoxy groups -OCH3 is 3. The molecule has 1 unspecified atom stereocenters. The van der Waals surface area contributed by atoms with E-state index in [1.165, 1.54) is 21.3 Å². The minimum Gasteiger partial charge on any atom is -0.493 e. The van der Waals surface area contributed by atoms with Crippen LogP contribution in [0.3, 0.4) is 0 Å². The molecule has 1 atom stereocenters. The molecule has 0 saturated carbocycles. The number of nitrogens with one attached hydrogen (secondary N) is 1. The predicted octanol–water partition coefficient (Wildman–Crippen LogP) is 4.40. The van der Waals surface area contributed by atoms with Gasteiger partial charge in [0.15, 0.2) is 17.7 Å². The van der Waals surface area contributed by atoms with E-state index in [-0.39, 0.29) is 6.61 Å². The van der Waals surface area contributed by atoms with Crippen LogP contribution < -0.4 is 19.5 Å². The Balaban J connectivity index is 2.06. The van der Waals surface area contributed by atoms with E-state index in [9.17, 15) is 4.79 Å². The number of hydrogen-bond acceptors (Lipinski definition) is 5. The largest absolute Gasteiger partial charge is 0.493 e. The minimum atomic E-state index is -1.85. The number of hydrogen-bond donors (Lipinski definition) is 1. The highest BCUT2D eigenvalue weighted by Crippen LogP contribution is 2.38. The summed E-state index contributed by atoms with van der Waals surface area (Å²) in [6.45, 7) is 0.173. The Bertz CT molecular complexity index is 787. The Morgan fingerprint density at radius 1 is 1.00 bits per heavy atom. The lowest BCUT2D eigenvalue weighted by atomic mass is 10.1. The zero-order valence-electron chi connectivity index (χ0n) is 16.2. The summed E-state index contributed by atoms with van der Waals surface area (Å²) >= 11 is 17.9. The van der Waals surface area contributed by atoms with Gasteiger partial charge in [0, 0.05) is 5.56 Å². The zero-order valence-corrected chi connectivity index (χ0v) is 18.5. The van der Waals surface area contributed by atoms with Crippen LogP contribution >= 0.6 is 34.8 Å². The van der Waals surface area contributed by atoms with Gasteiger partial charge in [-0.1, -0.05) is 53.0 Å². The molecule has 1 N–H and O–H groups in total. The third kappa shape index (κ3) is 6.57. The molecule has 0 aliphatic carbocycles. The van der Waals surface area contributed by atoms with E-state index in [1.54, 1.807) is 42.5 Å². The monoisotopic (exact) mass is 461 g/mol. The van der Waals surface area contributed by atoms with Crippen LogP contribution in [0.5, 0.6) is 17.2 Å². The SMILES string of the molecule is COc1cc(CCOC(NC(=O)c2ccccc2)C(Cl)(Cl)Cl)cc(OC)c1OC. The number of halogens is 3. The highest BCUT2D eigenvalue weighted by Gasteiger charge is 2.35. The average molecular weight is 463 g/mol. The summed E-state index contributed by atoms with van der Waals surface area (Å²) in [5, 5.41) is 2.60. The lowest BCUT2D eigenvalue weighted by Crippen LogP contribution is -2.46. The van der Waals surface area contributed by atoms with Crippen LogP contribution in [-0.4, -0.2) is 43.9 Å². The van der Waals surface area contributed by atoms with Crippen molar-refractivity contribution < 1.29 is 23.7 Å². The van der Waals surface area contributed by atoms with Gasteiger partial charge in [-0.05, 0) is 36.2 Å². The van der Waals surface area contributed by atoms with Crippen LogP contribution in [0, 0.1) is 0 Å². The van der Waals surface area contributed by atoms with Crippen molar-refractivity contribution in [1.82, 2.24) is 5.32 Å². The fourth-order valence-corrected chi connectivity index (χ4v) is 2.94. The molecule has 0 radical (unpaired) electrons. The summed E-state index contributed by atoms with van der Waals surface area (Å²) in [6.07, 6.45) is -0.683. The van der Waals surface area contributed by atoms with E-state index < -0.39 is 15.9 Å². The first-order chi connectivity index (χ1) is 13.8. The molecular weight excluding hydrogens is 441 g/mol. The number of carbonyl (C=O) groups is 1. The van der Waals surface area contributed by atoms with Crippen LogP contribution in [0.25, 0.3) is 0 Å². The van der Waals surface area contributed by atoms with Crippen molar-refractivity contribution in [2.45, 2.75) is 16.4 Å². The summed E-state index contributed by atoms with van der Waals surface area (Å²) < 4.78 is 19.8. The van der Waals surface area contributed by atoms with Gasteiger partial charge in [-0.25, -0.2) is 0 Å². The molecule has 158 valence electrons. The maximum absolute atomic E-state index is 12.4. The quantitative estimate of drug-likeness (QED) is 0.442. The number of ether oxygens (including phenoxy) is 4. The molecule has 0 aromatic heterocycles. The average Bonchev–Trinajstić information content (AvgIpc) is 2.71. The van der Waals surface area contributed by atoms with Gasteiger partial charge in [-0.15, -0.1) is 0 Å². The number of amides is 1. The van der Waals surface area contributed by atoms with Gasteiger partial charge in [0.05, 0.1) is 27.9 Å². The molecule has 2 rings (SSSR count). The molecule has 9 heteroatoms. The first kappa shape index (κ1) is 23.4. The van der Waals surface area contributed by atoms with Gasteiger partial charge in [0.25, 0.3) is 5.91 Å². The molecule has 0 fully saturated rings. The van der Waals surface area contributed by atoms with Crippen LogP contribution in [0.2, 0.25) is 0 Å². The first-order valence-corrected chi connectivity index (χ1v) is 9.76. The van der Waals surface area contributed by atoms with Gasteiger partial charge < -0.3 is 24.3 Å². The van der Waals surface area contributed by atoms with Crippen molar-refractivity contribution in [2.24, 2.45) is 0 Å². The molecule has 6 nitrogen and oxygen atoms in total. The molecule has 1 amide bonds. The van der Waals surface area contributed by atoms with E-state index in [0.29, 0.717) is 29.2 Å². The van der Waals surface area contributed by atoms with Gasteiger partial charge in [-0.3, -0.25) is 4.79 Å². The van der Waals surface area contributed by atoms with Crippen molar-refractivity contribution in [2.75, 3.05) is 27.9 Å².